The Morgan fingerprint density at radius 3 is 2.81 bits per heavy atom. The molecule has 0 aliphatic heterocycles. The lowest BCUT2D eigenvalue weighted by Gasteiger charge is -2.05. The molecule has 0 aliphatic carbocycles. The van der Waals surface area contributed by atoms with Gasteiger partial charge in [-0.2, -0.15) is 0 Å². The summed E-state index contributed by atoms with van der Waals surface area (Å²) in [6.45, 7) is -3.36. The van der Waals surface area contributed by atoms with Crippen LogP contribution in [0.4, 0.5) is 0 Å². The fourth-order valence-corrected chi connectivity index (χ4v) is 3.22. The van der Waals surface area contributed by atoms with Crippen molar-refractivity contribution in [1.29, 1.82) is 0 Å². The third-order valence-electron chi connectivity index (χ3n) is 4.83. The summed E-state index contributed by atoms with van der Waals surface area (Å²) in [7, 11) is 0. The smallest absolute Gasteiger partial charge is 0.220 e. The number of aromatic nitrogens is 1. The van der Waals surface area contributed by atoms with E-state index in [0.29, 0.717) is 44.7 Å². The van der Waals surface area contributed by atoms with Crippen LogP contribution in [0.25, 0.3) is 10.9 Å². The Morgan fingerprint density at radius 2 is 1.91 bits per heavy atom. The van der Waals surface area contributed by atoms with Gasteiger partial charge in [0, 0.05) is 53.4 Å². The summed E-state index contributed by atoms with van der Waals surface area (Å²) in [5.74, 6) is 0.0705. The largest absolute Gasteiger partial charge is 0.508 e. The summed E-state index contributed by atoms with van der Waals surface area (Å²) in [5, 5.41) is 13.5. The number of allylic oxidation sites excluding steroid dienone is 2. The van der Waals surface area contributed by atoms with E-state index in [9.17, 15) is 9.90 Å². The van der Waals surface area contributed by atoms with E-state index in [4.69, 9.17) is 23.3 Å². The van der Waals surface area contributed by atoms with Gasteiger partial charge in [0.1, 0.15) is 5.75 Å². The Hall–Kier alpha value is -2.23. The lowest BCUT2D eigenvalue weighted by molar-refractivity contribution is -0.121. The lowest BCUT2D eigenvalue weighted by atomic mass is 10.1. The van der Waals surface area contributed by atoms with Crippen LogP contribution < -0.4 is 5.32 Å². The topological polar surface area (TPSA) is 65.1 Å². The molecule has 1 heterocycles. The molecule has 2 rings (SSSR count). The highest BCUT2D eigenvalue weighted by molar-refractivity contribution is 5.84. The Labute approximate surface area is 218 Å². The molecule has 0 fully saturated rings. The fraction of sp³-hybridized carbons (Fsp3) is 0.607. The molecule has 0 spiro atoms. The average molecular weight is 458 g/mol. The lowest BCUT2D eigenvalue weighted by Crippen LogP contribution is -2.25. The maximum atomic E-state index is 12.2. The third kappa shape index (κ3) is 10.9. The Bertz CT molecular complexity index is 1450. The van der Waals surface area contributed by atoms with Crippen LogP contribution in [0.5, 0.6) is 5.75 Å². The van der Waals surface area contributed by atoms with Crippen molar-refractivity contribution in [3.05, 3.63) is 42.1 Å². The molecule has 0 aliphatic rings. The van der Waals surface area contributed by atoms with E-state index in [1.165, 1.54) is 6.08 Å². The zero-order valence-electron chi connectivity index (χ0n) is 35.2. The van der Waals surface area contributed by atoms with Gasteiger partial charge in [0.15, 0.2) is 0 Å². The second-order valence-electron chi connectivity index (χ2n) is 7.25. The number of fused-ring (bicyclic) bond motifs is 1. The van der Waals surface area contributed by atoms with E-state index in [1.807, 2.05) is 6.20 Å². The monoisotopic (exact) mass is 457 g/mol. The summed E-state index contributed by atoms with van der Waals surface area (Å²) in [6, 6.07) is 5.03. The summed E-state index contributed by atoms with van der Waals surface area (Å²) in [6.07, 6.45) is -19.8. The van der Waals surface area contributed by atoms with Crippen LogP contribution in [-0.4, -0.2) is 22.5 Å². The molecule has 1 amide bonds. The molecule has 1 aromatic carbocycles. The van der Waals surface area contributed by atoms with Crippen LogP contribution in [-0.2, 0) is 11.2 Å². The number of aromatic amines is 1. The van der Waals surface area contributed by atoms with Gasteiger partial charge in [-0.3, -0.25) is 4.79 Å². The number of nitrogens with one attached hydrogen (secondary N) is 2. The van der Waals surface area contributed by atoms with Crippen molar-refractivity contribution in [2.75, 3.05) is 6.54 Å². The van der Waals surface area contributed by atoms with Gasteiger partial charge in [-0.1, -0.05) is 70.1 Å². The van der Waals surface area contributed by atoms with Gasteiger partial charge in [0.25, 0.3) is 0 Å². The standard InChI is InChI=1S/C28H44N2O2/c1-2-3-4-5-6-7-8-9-10-11-12-13-14-15-16-17-28(32)29-21-20-24-23-30-27-19-18-25(31)22-26(24)27/h9-10,18-19,22-23,30-31H,2-8,11-17,20-21H2,1H3,(H,29,32)/b10-9-/i1D3,2D2,3D2,4D2,5D2,6D2,7D2,8D2. The summed E-state index contributed by atoms with van der Waals surface area (Å²) < 4.78 is 134. The summed E-state index contributed by atoms with van der Waals surface area (Å²) >= 11 is 0. The van der Waals surface area contributed by atoms with Crippen molar-refractivity contribution >= 4 is 16.8 Å². The number of aromatic hydroxyl groups is 1. The number of H-pyrrole nitrogens is 1. The number of phenolic OH excluding ortho intramolecular Hbond substituents is 1. The van der Waals surface area contributed by atoms with Crippen molar-refractivity contribution in [3.8, 4) is 5.75 Å². The van der Waals surface area contributed by atoms with E-state index < -0.39 is 51.5 Å². The number of benzene rings is 1. The van der Waals surface area contributed by atoms with Crippen molar-refractivity contribution in [2.45, 2.75) is 103 Å². The van der Waals surface area contributed by atoms with Crippen LogP contribution in [0.3, 0.4) is 0 Å². The predicted octanol–water partition coefficient (Wildman–Crippen LogP) is 7.57. The third-order valence-corrected chi connectivity index (χ3v) is 4.83. The minimum atomic E-state index is -4.29. The molecule has 3 N–H and O–H groups in total. The molecule has 2 aromatic rings. The first kappa shape index (κ1) is 10.8. The van der Waals surface area contributed by atoms with E-state index >= 15 is 0 Å². The molecule has 0 saturated carbocycles. The SMILES string of the molecule is [2H]C([2H])([2H])C([2H])([2H])C([2H])([2H])C([2H])([2H])C([2H])([2H])C([2H])([2H])C([2H])([2H])C([2H])([2H])/C=C\CCCCCCCC(=O)NCCc1c[nH]c2ccc(O)cc12. The quantitative estimate of drug-likeness (QED) is 0.160. The number of amides is 1. The molecule has 4 heteroatoms. The second kappa shape index (κ2) is 16.4. The molecule has 0 bridgehead atoms. The number of hydrogen-bond donors (Lipinski definition) is 3. The highest BCUT2D eigenvalue weighted by atomic mass is 16.3. The van der Waals surface area contributed by atoms with Crippen LogP contribution >= 0.6 is 0 Å². The first-order chi connectivity index (χ1) is 22.1. The van der Waals surface area contributed by atoms with Crippen molar-refractivity contribution in [1.82, 2.24) is 10.3 Å². The van der Waals surface area contributed by atoms with Crippen molar-refractivity contribution in [3.63, 3.8) is 0 Å². The van der Waals surface area contributed by atoms with E-state index in [1.54, 1.807) is 18.2 Å². The summed E-state index contributed by atoms with van der Waals surface area (Å²) in [4.78, 5) is 15.3. The van der Waals surface area contributed by atoms with Gasteiger partial charge in [-0.25, -0.2) is 0 Å². The van der Waals surface area contributed by atoms with Crippen LogP contribution in [0.15, 0.2) is 36.5 Å². The van der Waals surface area contributed by atoms with Crippen molar-refractivity contribution < 1.29 is 33.2 Å². The number of carbonyl (C=O) groups is 1. The molecule has 178 valence electrons. The Morgan fingerprint density at radius 1 is 1.09 bits per heavy atom. The van der Waals surface area contributed by atoms with Gasteiger partial charge in [0.2, 0.25) is 5.91 Å². The van der Waals surface area contributed by atoms with Gasteiger partial charge in [0.05, 0.1) is 0 Å². The zero-order chi connectivity index (χ0) is 37.9. The zero-order valence-corrected chi connectivity index (χ0v) is 18.2. The van der Waals surface area contributed by atoms with E-state index in [2.05, 4.69) is 10.3 Å². The Balaban J connectivity index is 1.85. The van der Waals surface area contributed by atoms with Gasteiger partial charge < -0.3 is 15.4 Å². The number of rotatable bonds is 18. The number of unbranched alkanes of at least 4 members (excludes halogenated alkanes) is 5. The van der Waals surface area contributed by atoms with Crippen molar-refractivity contribution in [2.24, 2.45) is 0 Å². The molecular weight excluding hydrogens is 396 g/mol. The van der Waals surface area contributed by atoms with Gasteiger partial charge in [-0.05, 0) is 62.2 Å². The molecule has 0 radical (unpaired) electrons. The minimum Gasteiger partial charge on any atom is -0.508 e. The maximum absolute atomic E-state index is 12.2. The molecule has 0 saturated heterocycles. The normalized spacial score (nSPS) is 22.9. The fourth-order valence-electron chi connectivity index (χ4n) is 3.22. The van der Waals surface area contributed by atoms with E-state index in [-0.39, 0.29) is 18.1 Å². The van der Waals surface area contributed by atoms with Crippen LogP contribution in [0, 0.1) is 0 Å². The maximum Gasteiger partial charge on any atom is 0.220 e. The highest BCUT2D eigenvalue weighted by Crippen LogP contribution is 2.23. The molecule has 1 aromatic heterocycles. The Kier molecular flexibility index (Phi) is 5.54. The highest BCUT2D eigenvalue weighted by Gasteiger charge is 2.06. The summed E-state index contributed by atoms with van der Waals surface area (Å²) in [5.41, 5.74) is 1.87. The second-order valence-corrected chi connectivity index (χ2v) is 7.25. The predicted molar refractivity (Wildman–Crippen MR) is 136 cm³/mol. The molecule has 32 heavy (non-hydrogen) atoms. The van der Waals surface area contributed by atoms with Crippen LogP contribution in [0.1, 0.15) is 125 Å². The van der Waals surface area contributed by atoms with Gasteiger partial charge in [-0.15, -0.1) is 0 Å². The van der Waals surface area contributed by atoms with Crippen LogP contribution in [0.2, 0.25) is 0 Å². The number of carbonyl (C=O) groups excluding carboxylic acids is 1. The number of phenols is 1. The van der Waals surface area contributed by atoms with Gasteiger partial charge >= 0.3 is 0 Å². The van der Waals surface area contributed by atoms with E-state index in [0.717, 1.165) is 29.3 Å². The number of hydrogen-bond acceptors (Lipinski definition) is 2. The average Bonchev–Trinajstić information content (AvgIpc) is 3.36. The first-order valence-corrected chi connectivity index (χ1v) is 10.8. The molecule has 0 atom stereocenters. The molecular formula is C28H44N2O2. The minimum absolute atomic E-state index is 0.0911. The molecule has 4 nitrogen and oxygen atoms in total. The molecule has 0 unspecified atom stereocenters. The first-order valence-electron chi connectivity index (χ1n) is 19.3.